The second-order valence-electron chi connectivity index (χ2n) is 9.05. The number of nitrogens with one attached hydrogen (secondary N) is 3. The molecule has 9 N–H and O–H groups in total. The standard InChI is InChI=1S/C24H35N5O8/c1-13(2)10-16(22(34)29-18(24(36)37)11-14-6-4-3-5-7-14)28-23(35)17(12-20(31)32)27-21(33)15(25)8-9-19(26)30/h3-7,13,15-18H,8-12,25H2,1-2H3,(H2,26,30)(H,27,33)(H,28,35)(H,29,34)(H,31,32)(H,36,37). The van der Waals surface area contributed by atoms with Crippen LogP contribution in [0.25, 0.3) is 0 Å². The number of amides is 4. The van der Waals surface area contributed by atoms with Crippen LogP contribution in [0.5, 0.6) is 0 Å². The lowest BCUT2D eigenvalue weighted by atomic mass is 10.0. The molecule has 37 heavy (non-hydrogen) atoms. The number of carboxylic acids is 2. The van der Waals surface area contributed by atoms with Gasteiger partial charge in [-0.2, -0.15) is 0 Å². The second kappa shape index (κ2) is 15.2. The van der Waals surface area contributed by atoms with E-state index in [1.54, 1.807) is 44.2 Å². The van der Waals surface area contributed by atoms with Crippen LogP contribution in [0.1, 0.15) is 45.1 Å². The van der Waals surface area contributed by atoms with Gasteiger partial charge in [0.2, 0.25) is 23.6 Å². The summed E-state index contributed by atoms with van der Waals surface area (Å²) in [5.41, 5.74) is 11.4. The summed E-state index contributed by atoms with van der Waals surface area (Å²) in [4.78, 5) is 72.2. The van der Waals surface area contributed by atoms with E-state index < -0.39 is 66.2 Å². The van der Waals surface area contributed by atoms with Gasteiger partial charge in [0.25, 0.3) is 0 Å². The molecule has 0 aromatic heterocycles. The van der Waals surface area contributed by atoms with Crippen molar-refractivity contribution in [3.63, 3.8) is 0 Å². The minimum Gasteiger partial charge on any atom is -0.481 e. The summed E-state index contributed by atoms with van der Waals surface area (Å²) in [6.07, 6.45) is -0.984. The number of carboxylic acid groups (broad SMARTS) is 2. The van der Waals surface area contributed by atoms with E-state index >= 15 is 0 Å². The van der Waals surface area contributed by atoms with Gasteiger partial charge in [0.15, 0.2) is 0 Å². The minimum absolute atomic E-state index is 0.00511. The molecule has 4 unspecified atom stereocenters. The highest BCUT2D eigenvalue weighted by atomic mass is 16.4. The smallest absolute Gasteiger partial charge is 0.326 e. The molecule has 0 saturated carbocycles. The van der Waals surface area contributed by atoms with E-state index in [-0.39, 0.29) is 31.6 Å². The monoisotopic (exact) mass is 521 g/mol. The highest BCUT2D eigenvalue weighted by Gasteiger charge is 2.32. The number of primary amides is 1. The van der Waals surface area contributed by atoms with Crippen molar-refractivity contribution in [2.45, 2.75) is 70.1 Å². The molecule has 4 amide bonds. The first-order valence-corrected chi connectivity index (χ1v) is 11.7. The number of hydrogen-bond acceptors (Lipinski definition) is 7. The van der Waals surface area contributed by atoms with Gasteiger partial charge in [-0.1, -0.05) is 44.2 Å². The van der Waals surface area contributed by atoms with Gasteiger partial charge in [-0.05, 0) is 24.3 Å². The van der Waals surface area contributed by atoms with Crippen molar-refractivity contribution in [3.8, 4) is 0 Å². The normalized spacial score (nSPS) is 14.1. The number of benzene rings is 1. The SMILES string of the molecule is CC(C)CC(NC(=O)C(CC(=O)O)NC(=O)C(N)CCC(N)=O)C(=O)NC(Cc1ccccc1)C(=O)O. The molecule has 0 radical (unpaired) electrons. The Morgan fingerprint density at radius 1 is 0.838 bits per heavy atom. The van der Waals surface area contributed by atoms with E-state index in [1.807, 2.05) is 0 Å². The molecule has 0 saturated heterocycles. The maximum atomic E-state index is 13.0. The van der Waals surface area contributed by atoms with E-state index in [2.05, 4.69) is 16.0 Å². The third-order valence-electron chi connectivity index (χ3n) is 5.29. The summed E-state index contributed by atoms with van der Waals surface area (Å²) in [5, 5.41) is 25.9. The maximum Gasteiger partial charge on any atom is 0.326 e. The first-order chi connectivity index (χ1) is 17.3. The number of rotatable bonds is 16. The molecule has 1 aromatic carbocycles. The van der Waals surface area contributed by atoms with Gasteiger partial charge in [0.05, 0.1) is 12.5 Å². The molecular weight excluding hydrogens is 486 g/mol. The number of carbonyl (C=O) groups excluding carboxylic acids is 4. The number of nitrogens with two attached hydrogens (primary N) is 2. The summed E-state index contributed by atoms with van der Waals surface area (Å²) < 4.78 is 0. The number of aliphatic carboxylic acids is 2. The van der Waals surface area contributed by atoms with Gasteiger partial charge >= 0.3 is 11.9 Å². The zero-order chi connectivity index (χ0) is 28.1. The van der Waals surface area contributed by atoms with Crippen LogP contribution in [0.4, 0.5) is 0 Å². The molecule has 13 nitrogen and oxygen atoms in total. The Morgan fingerprint density at radius 2 is 1.38 bits per heavy atom. The van der Waals surface area contributed by atoms with Crippen LogP contribution >= 0.6 is 0 Å². The Labute approximate surface area is 214 Å². The fourth-order valence-corrected chi connectivity index (χ4v) is 3.39. The van der Waals surface area contributed by atoms with E-state index in [0.717, 1.165) is 0 Å². The predicted molar refractivity (Wildman–Crippen MR) is 132 cm³/mol. The molecule has 0 aliphatic rings. The lowest BCUT2D eigenvalue weighted by Crippen LogP contribution is -2.58. The molecule has 0 bridgehead atoms. The Balaban J connectivity index is 2.99. The zero-order valence-corrected chi connectivity index (χ0v) is 20.8. The molecule has 13 heteroatoms. The Kier molecular flexibility index (Phi) is 12.7. The van der Waals surface area contributed by atoms with E-state index in [4.69, 9.17) is 11.5 Å². The van der Waals surface area contributed by atoms with Crippen molar-refractivity contribution in [2.24, 2.45) is 17.4 Å². The molecule has 0 aliphatic carbocycles. The van der Waals surface area contributed by atoms with Gasteiger partial charge in [-0.3, -0.25) is 24.0 Å². The molecular formula is C24H35N5O8. The third kappa shape index (κ3) is 12.0. The Morgan fingerprint density at radius 3 is 1.89 bits per heavy atom. The van der Waals surface area contributed by atoms with E-state index in [9.17, 15) is 39.0 Å². The van der Waals surface area contributed by atoms with Crippen LogP contribution in [0.15, 0.2) is 30.3 Å². The molecule has 1 aromatic rings. The van der Waals surface area contributed by atoms with Crippen LogP contribution in [0.3, 0.4) is 0 Å². The summed E-state index contributed by atoms with van der Waals surface area (Å²) >= 11 is 0. The third-order valence-corrected chi connectivity index (χ3v) is 5.29. The average molecular weight is 522 g/mol. The highest BCUT2D eigenvalue weighted by Crippen LogP contribution is 2.09. The van der Waals surface area contributed by atoms with Crippen LogP contribution in [-0.4, -0.2) is 69.9 Å². The molecule has 0 fully saturated rings. The average Bonchev–Trinajstić information content (AvgIpc) is 2.80. The first-order valence-electron chi connectivity index (χ1n) is 11.7. The minimum atomic E-state index is -1.58. The molecule has 1 rings (SSSR count). The maximum absolute atomic E-state index is 13.0. The summed E-state index contributed by atoms with van der Waals surface area (Å²) in [5.74, 6) is -6.07. The van der Waals surface area contributed by atoms with Crippen LogP contribution in [0.2, 0.25) is 0 Å². The summed E-state index contributed by atoms with van der Waals surface area (Å²) in [6.45, 7) is 3.55. The lowest BCUT2D eigenvalue weighted by molar-refractivity contribution is -0.143. The van der Waals surface area contributed by atoms with Crippen LogP contribution in [-0.2, 0) is 35.2 Å². The van der Waals surface area contributed by atoms with Crippen molar-refractivity contribution in [1.82, 2.24) is 16.0 Å². The molecule has 204 valence electrons. The predicted octanol–water partition coefficient (Wildman–Crippen LogP) is -1.12. The molecule has 0 spiro atoms. The lowest BCUT2D eigenvalue weighted by Gasteiger charge is -2.25. The fourth-order valence-electron chi connectivity index (χ4n) is 3.39. The zero-order valence-electron chi connectivity index (χ0n) is 20.8. The number of carbonyl (C=O) groups is 6. The van der Waals surface area contributed by atoms with Crippen molar-refractivity contribution in [2.75, 3.05) is 0 Å². The van der Waals surface area contributed by atoms with E-state index in [1.165, 1.54) is 0 Å². The van der Waals surface area contributed by atoms with Gasteiger partial charge in [0, 0.05) is 12.8 Å². The largest absolute Gasteiger partial charge is 0.481 e. The van der Waals surface area contributed by atoms with E-state index in [0.29, 0.717) is 5.56 Å². The molecule has 0 heterocycles. The summed E-state index contributed by atoms with van der Waals surface area (Å²) in [6, 6.07) is 3.37. The number of hydrogen-bond donors (Lipinski definition) is 7. The van der Waals surface area contributed by atoms with Crippen molar-refractivity contribution in [3.05, 3.63) is 35.9 Å². The topological polar surface area (TPSA) is 231 Å². The van der Waals surface area contributed by atoms with Gasteiger partial charge < -0.3 is 37.6 Å². The highest BCUT2D eigenvalue weighted by molar-refractivity contribution is 5.95. The Bertz CT molecular complexity index is 969. The molecule has 4 atom stereocenters. The fraction of sp³-hybridized carbons (Fsp3) is 0.500. The van der Waals surface area contributed by atoms with Gasteiger partial charge in [-0.15, -0.1) is 0 Å². The van der Waals surface area contributed by atoms with Crippen molar-refractivity contribution >= 4 is 35.6 Å². The van der Waals surface area contributed by atoms with Crippen molar-refractivity contribution < 1.29 is 39.0 Å². The first kappa shape index (κ1) is 31.0. The summed E-state index contributed by atoms with van der Waals surface area (Å²) in [7, 11) is 0. The van der Waals surface area contributed by atoms with Crippen LogP contribution in [0, 0.1) is 5.92 Å². The molecule has 0 aliphatic heterocycles. The second-order valence-corrected chi connectivity index (χ2v) is 9.05. The Hall–Kier alpha value is -4.00. The van der Waals surface area contributed by atoms with Crippen LogP contribution < -0.4 is 27.4 Å². The van der Waals surface area contributed by atoms with Gasteiger partial charge in [-0.25, -0.2) is 4.79 Å². The quantitative estimate of drug-likeness (QED) is 0.139. The van der Waals surface area contributed by atoms with Crippen molar-refractivity contribution in [1.29, 1.82) is 0 Å². The van der Waals surface area contributed by atoms with Gasteiger partial charge in [0.1, 0.15) is 18.1 Å².